The third-order valence-electron chi connectivity index (χ3n) is 2.21. The summed E-state index contributed by atoms with van der Waals surface area (Å²) in [5.74, 6) is 0. The molecule has 8 nitrogen and oxygen atoms in total. The molecule has 0 saturated carbocycles. The van der Waals surface area contributed by atoms with Crippen LogP contribution in [-0.4, -0.2) is 29.9 Å². The monoisotopic (exact) mass is 216 g/mol. The van der Waals surface area contributed by atoms with Crippen molar-refractivity contribution in [2.75, 3.05) is 0 Å². The Hall–Kier alpha value is -2.64. The van der Waals surface area contributed by atoms with Crippen molar-refractivity contribution in [2.45, 2.75) is 0 Å². The fourth-order valence-corrected chi connectivity index (χ4v) is 1.48. The molecule has 3 aromatic rings. The molecular formula is C8H4N6O2. The number of nitro groups is 1. The molecule has 3 rings (SSSR count). The van der Waals surface area contributed by atoms with Crippen molar-refractivity contribution in [2.24, 2.45) is 0 Å². The van der Waals surface area contributed by atoms with Gasteiger partial charge in [0.1, 0.15) is 0 Å². The molecule has 0 saturated heterocycles. The zero-order valence-corrected chi connectivity index (χ0v) is 7.81. The maximum absolute atomic E-state index is 10.6. The third-order valence-corrected chi connectivity index (χ3v) is 2.21. The predicted molar refractivity (Wildman–Crippen MR) is 52.7 cm³/mol. The van der Waals surface area contributed by atoms with Gasteiger partial charge >= 0.3 is 0 Å². The number of aromatic nitrogens is 5. The molecule has 1 aromatic carbocycles. The van der Waals surface area contributed by atoms with E-state index in [4.69, 9.17) is 0 Å². The zero-order chi connectivity index (χ0) is 11.1. The van der Waals surface area contributed by atoms with E-state index in [1.807, 2.05) is 0 Å². The van der Waals surface area contributed by atoms with Crippen LogP contribution in [0.2, 0.25) is 0 Å². The fraction of sp³-hybridized carbons (Fsp3) is 0. The largest absolute Gasteiger partial charge is 0.271 e. The maximum Gasteiger partial charge on any atom is 0.271 e. The van der Waals surface area contributed by atoms with E-state index >= 15 is 0 Å². The number of hydrogen-bond donors (Lipinski definition) is 0. The minimum absolute atomic E-state index is 0.00701. The summed E-state index contributed by atoms with van der Waals surface area (Å²) in [5, 5.41) is 21.6. The molecule has 0 atom stereocenters. The minimum atomic E-state index is -0.467. The van der Waals surface area contributed by atoms with Crippen LogP contribution in [0.3, 0.4) is 0 Å². The number of benzene rings is 1. The summed E-state index contributed by atoms with van der Waals surface area (Å²) in [6.45, 7) is 0. The average Bonchev–Trinajstić information content (AvgIpc) is 2.76. The Bertz CT molecular complexity index is 706. The quantitative estimate of drug-likeness (QED) is 0.435. The first kappa shape index (κ1) is 8.65. The summed E-state index contributed by atoms with van der Waals surface area (Å²) < 4.78 is 1.48. The molecule has 0 amide bonds. The van der Waals surface area contributed by atoms with Gasteiger partial charge in [-0.1, -0.05) is 0 Å². The molecular weight excluding hydrogens is 212 g/mol. The van der Waals surface area contributed by atoms with E-state index in [1.54, 1.807) is 6.07 Å². The molecule has 2 heterocycles. The Kier molecular flexibility index (Phi) is 1.58. The number of nitro benzene ring substituents is 1. The molecule has 8 heteroatoms. The highest BCUT2D eigenvalue weighted by molar-refractivity contribution is 5.79. The van der Waals surface area contributed by atoms with Gasteiger partial charge in [-0.2, -0.15) is 4.52 Å². The molecule has 78 valence electrons. The number of non-ortho nitro benzene ring substituents is 1. The van der Waals surface area contributed by atoms with Crippen LogP contribution in [0.5, 0.6) is 0 Å². The van der Waals surface area contributed by atoms with E-state index in [0.717, 1.165) is 0 Å². The SMILES string of the molecule is O=[N+]([O-])c1ccc2c(c1)ncc1nnnn12. The van der Waals surface area contributed by atoms with Crippen LogP contribution in [0, 0.1) is 10.1 Å². The summed E-state index contributed by atoms with van der Waals surface area (Å²) in [4.78, 5) is 14.2. The molecule has 0 N–H and O–H groups in total. The number of tetrazole rings is 1. The van der Waals surface area contributed by atoms with Crippen molar-refractivity contribution in [3.63, 3.8) is 0 Å². The Morgan fingerprint density at radius 2 is 2.25 bits per heavy atom. The Balaban J connectivity index is 2.41. The molecule has 0 aliphatic rings. The highest BCUT2D eigenvalue weighted by Gasteiger charge is 2.09. The highest BCUT2D eigenvalue weighted by Crippen LogP contribution is 2.18. The van der Waals surface area contributed by atoms with Crippen LogP contribution in [0.4, 0.5) is 5.69 Å². The van der Waals surface area contributed by atoms with Gasteiger partial charge in [-0.15, -0.1) is 5.10 Å². The predicted octanol–water partition coefficient (Wildman–Crippen LogP) is 0.581. The molecule has 2 aromatic heterocycles. The van der Waals surface area contributed by atoms with E-state index in [2.05, 4.69) is 20.5 Å². The van der Waals surface area contributed by atoms with Gasteiger partial charge in [0.25, 0.3) is 5.69 Å². The number of fused-ring (bicyclic) bond motifs is 3. The van der Waals surface area contributed by atoms with Crippen LogP contribution in [0.15, 0.2) is 24.4 Å². The van der Waals surface area contributed by atoms with Gasteiger partial charge < -0.3 is 0 Å². The molecule has 0 unspecified atom stereocenters. The second-order valence-corrected chi connectivity index (χ2v) is 3.14. The maximum atomic E-state index is 10.6. The first-order chi connectivity index (χ1) is 7.75. The van der Waals surface area contributed by atoms with Crippen LogP contribution >= 0.6 is 0 Å². The first-order valence-corrected chi connectivity index (χ1v) is 4.37. The van der Waals surface area contributed by atoms with Crippen LogP contribution in [-0.2, 0) is 0 Å². The summed E-state index contributed by atoms with van der Waals surface area (Å²) in [6, 6.07) is 4.35. The molecule has 0 aliphatic heterocycles. The van der Waals surface area contributed by atoms with Crippen molar-refractivity contribution in [1.82, 2.24) is 25.0 Å². The first-order valence-electron chi connectivity index (χ1n) is 4.37. The number of hydrogen-bond acceptors (Lipinski definition) is 6. The fourth-order valence-electron chi connectivity index (χ4n) is 1.48. The van der Waals surface area contributed by atoms with Gasteiger partial charge in [0.2, 0.25) is 0 Å². The van der Waals surface area contributed by atoms with E-state index in [9.17, 15) is 10.1 Å². The highest BCUT2D eigenvalue weighted by atomic mass is 16.6. The van der Waals surface area contributed by atoms with E-state index < -0.39 is 4.92 Å². The van der Waals surface area contributed by atoms with Crippen LogP contribution in [0.1, 0.15) is 0 Å². The smallest absolute Gasteiger partial charge is 0.258 e. The summed E-state index contributed by atoms with van der Waals surface area (Å²) in [6.07, 6.45) is 1.46. The Morgan fingerprint density at radius 3 is 3.06 bits per heavy atom. The average molecular weight is 216 g/mol. The Morgan fingerprint density at radius 1 is 1.38 bits per heavy atom. The molecule has 0 aliphatic carbocycles. The van der Waals surface area contributed by atoms with Crippen molar-refractivity contribution in [3.05, 3.63) is 34.5 Å². The van der Waals surface area contributed by atoms with Crippen molar-refractivity contribution in [3.8, 4) is 0 Å². The lowest BCUT2D eigenvalue weighted by Crippen LogP contribution is -1.94. The standard InChI is InChI=1S/C8H4N6O2/c15-14(16)5-1-2-7-6(3-5)9-4-8-10-11-12-13(7)8/h1-4H. The lowest BCUT2D eigenvalue weighted by Gasteiger charge is -1.98. The van der Waals surface area contributed by atoms with E-state index in [0.29, 0.717) is 16.7 Å². The van der Waals surface area contributed by atoms with Crippen molar-refractivity contribution in [1.29, 1.82) is 0 Å². The number of nitrogens with zero attached hydrogens (tertiary/aromatic N) is 6. The molecule has 16 heavy (non-hydrogen) atoms. The van der Waals surface area contributed by atoms with E-state index in [-0.39, 0.29) is 5.69 Å². The zero-order valence-electron chi connectivity index (χ0n) is 7.81. The molecule has 0 spiro atoms. The lowest BCUT2D eigenvalue weighted by atomic mass is 10.2. The summed E-state index contributed by atoms with van der Waals surface area (Å²) in [5.41, 5.74) is 1.61. The van der Waals surface area contributed by atoms with Crippen LogP contribution in [0.25, 0.3) is 16.7 Å². The van der Waals surface area contributed by atoms with Gasteiger partial charge in [-0.05, 0) is 16.5 Å². The van der Waals surface area contributed by atoms with Gasteiger partial charge in [0.15, 0.2) is 5.65 Å². The summed E-state index contributed by atoms with van der Waals surface area (Å²) in [7, 11) is 0. The second kappa shape index (κ2) is 2.92. The topological polar surface area (TPSA) is 99.1 Å². The van der Waals surface area contributed by atoms with Crippen molar-refractivity contribution < 1.29 is 4.92 Å². The summed E-state index contributed by atoms with van der Waals surface area (Å²) >= 11 is 0. The van der Waals surface area contributed by atoms with Gasteiger partial charge in [0, 0.05) is 12.1 Å². The Labute approximate surface area is 87.7 Å². The van der Waals surface area contributed by atoms with Crippen LogP contribution < -0.4 is 0 Å². The van der Waals surface area contributed by atoms with Crippen molar-refractivity contribution >= 4 is 22.4 Å². The number of rotatable bonds is 1. The second-order valence-electron chi connectivity index (χ2n) is 3.14. The van der Waals surface area contributed by atoms with Gasteiger partial charge in [0.05, 0.1) is 22.2 Å². The van der Waals surface area contributed by atoms with E-state index in [1.165, 1.54) is 22.8 Å². The van der Waals surface area contributed by atoms with Gasteiger partial charge in [-0.3, -0.25) is 15.1 Å². The van der Waals surface area contributed by atoms with Gasteiger partial charge in [-0.25, -0.2) is 0 Å². The lowest BCUT2D eigenvalue weighted by molar-refractivity contribution is -0.384. The molecule has 0 bridgehead atoms. The molecule has 0 fully saturated rings. The normalized spacial score (nSPS) is 11.0. The molecule has 0 radical (unpaired) electrons. The minimum Gasteiger partial charge on any atom is -0.258 e. The third kappa shape index (κ3) is 1.10.